The van der Waals surface area contributed by atoms with Crippen LogP contribution in [-0.4, -0.2) is 13.7 Å². The highest BCUT2D eigenvalue weighted by atomic mass is 79.9. The Hall–Kier alpha value is -1.68. The molecule has 1 aliphatic rings. The summed E-state index contributed by atoms with van der Waals surface area (Å²) in [5, 5.41) is 3.60. The van der Waals surface area contributed by atoms with E-state index in [-0.39, 0.29) is 6.04 Å². The Morgan fingerprint density at radius 3 is 2.90 bits per heavy atom. The van der Waals surface area contributed by atoms with E-state index >= 15 is 0 Å². The quantitative estimate of drug-likeness (QED) is 0.872. The Kier molecular flexibility index (Phi) is 4.06. The van der Waals surface area contributed by atoms with Crippen LogP contribution in [0, 0.1) is 6.92 Å². The van der Waals surface area contributed by atoms with Crippen molar-refractivity contribution in [2.24, 2.45) is 0 Å². The van der Waals surface area contributed by atoms with Crippen LogP contribution in [0.25, 0.3) is 0 Å². The number of methoxy groups -OCH3 is 1. The number of hydrogen-bond donors (Lipinski definition) is 1. The SMILES string of the molecule is COc1ccc(C)cc1NC1CCOc2ccc(Br)cc21. The third-order valence-electron chi connectivity index (χ3n) is 3.70. The molecule has 3 rings (SSSR count). The molecule has 0 fully saturated rings. The Labute approximate surface area is 133 Å². The summed E-state index contributed by atoms with van der Waals surface area (Å²) in [4.78, 5) is 0. The maximum atomic E-state index is 5.73. The van der Waals surface area contributed by atoms with Crippen LogP contribution in [0.4, 0.5) is 5.69 Å². The average molecular weight is 348 g/mol. The minimum Gasteiger partial charge on any atom is -0.495 e. The summed E-state index contributed by atoms with van der Waals surface area (Å²) in [5.41, 5.74) is 3.41. The molecule has 1 N–H and O–H groups in total. The summed E-state index contributed by atoms with van der Waals surface area (Å²) in [7, 11) is 1.70. The molecule has 0 saturated carbocycles. The van der Waals surface area contributed by atoms with Crippen LogP contribution in [0.5, 0.6) is 11.5 Å². The van der Waals surface area contributed by atoms with Crippen LogP contribution in [0.2, 0.25) is 0 Å². The van der Waals surface area contributed by atoms with E-state index in [2.05, 4.69) is 46.4 Å². The third-order valence-corrected chi connectivity index (χ3v) is 4.19. The van der Waals surface area contributed by atoms with Gasteiger partial charge in [0.2, 0.25) is 0 Å². The molecule has 110 valence electrons. The van der Waals surface area contributed by atoms with Crippen LogP contribution in [0.1, 0.15) is 23.6 Å². The number of hydrogen-bond acceptors (Lipinski definition) is 3. The molecule has 2 aromatic rings. The molecule has 1 aliphatic heterocycles. The van der Waals surface area contributed by atoms with Crippen LogP contribution in [0.15, 0.2) is 40.9 Å². The predicted molar refractivity (Wildman–Crippen MR) is 88.3 cm³/mol. The highest BCUT2D eigenvalue weighted by Crippen LogP contribution is 2.38. The van der Waals surface area contributed by atoms with E-state index in [1.807, 2.05) is 18.2 Å². The largest absolute Gasteiger partial charge is 0.495 e. The standard InChI is InChI=1S/C17H18BrNO2/c1-11-3-5-17(20-2)15(9-11)19-14-7-8-21-16-6-4-12(18)10-13(14)16/h3-6,9-10,14,19H,7-8H2,1-2H3. The molecule has 21 heavy (non-hydrogen) atoms. The zero-order valence-corrected chi connectivity index (χ0v) is 13.7. The van der Waals surface area contributed by atoms with E-state index in [1.165, 1.54) is 11.1 Å². The zero-order valence-electron chi connectivity index (χ0n) is 12.2. The zero-order chi connectivity index (χ0) is 14.8. The second-order valence-electron chi connectivity index (χ2n) is 5.22. The van der Waals surface area contributed by atoms with Gasteiger partial charge < -0.3 is 14.8 Å². The molecular weight excluding hydrogens is 330 g/mol. The van der Waals surface area contributed by atoms with Crippen molar-refractivity contribution in [3.05, 3.63) is 52.0 Å². The molecule has 0 radical (unpaired) electrons. The number of rotatable bonds is 3. The van der Waals surface area contributed by atoms with Gasteiger partial charge in [-0.15, -0.1) is 0 Å². The van der Waals surface area contributed by atoms with Crippen molar-refractivity contribution in [3.8, 4) is 11.5 Å². The number of nitrogens with one attached hydrogen (secondary N) is 1. The first-order valence-corrected chi connectivity index (χ1v) is 7.80. The first kappa shape index (κ1) is 14.3. The molecule has 0 saturated heterocycles. The van der Waals surface area contributed by atoms with Gasteiger partial charge in [0.1, 0.15) is 11.5 Å². The molecule has 0 aliphatic carbocycles. The van der Waals surface area contributed by atoms with E-state index in [9.17, 15) is 0 Å². The van der Waals surface area contributed by atoms with Crippen molar-refractivity contribution in [2.75, 3.05) is 19.0 Å². The van der Waals surface area contributed by atoms with Crippen LogP contribution in [0.3, 0.4) is 0 Å². The first-order chi connectivity index (χ1) is 10.2. The summed E-state index contributed by atoms with van der Waals surface area (Å²) in [6, 6.07) is 12.5. The van der Waals surface area contributed by atoms with E-state index in [0.29, 0.717) is 0 Å². The van der Waals surface area contributed by atoms with Gasteiger partial charge in [-0.2, -0.15) is 0 Å². The lowest BCUT2D eigenvalue weighted by Gasteiger charge is -2.28. The van der Waals surface area contributed by atoms with Gasteiger partial charge in [0.15, 0.2) is 0 Å². The second-order valence-corrected chi connectivity index (χ2v) is 6.14. The lowest BCUT2D eigenvalue weighted by molar-refractivity contribution is 0.274. The highest BCUT2D eigenvalue weighted by Gasteiger charge is 2.22. The van der Waals surface area contributed by atoms with Gasteiger partial charge in [0.05, 0.1) is 25.4 Å². The lowest BCUT2D eigenvalue weighted by atomic mass is 10.00. The van der Waals surface area contributed by atoms with E-state index in [4.69, 9.17) is 9.47 Å². The van der Waals surface area contributed by atoms with Gasteiger partial charge in [-0.3, -0.25) is 0 Å². The normalized spacial score (nSPS) is 16.8. The van der Waals surface area contributed by atoms with Crippen molar-refractivity contribution in [1.29, 1.82) is 0 Å². The monoisotopic (exact) mass is 347 g/mol. The molecule has 0 bridgehead atoms. The smallest absolute Gasteiger partial charge is 0.141 e. The van der Waals surface area contributed by atoms with Crippen molar-refractivity contribution < 1.29 is 9.47 Å². The molecule has 1 unspecified atom stereocenters. The van der Waals surface area contributed by atoms with Crippen molar-refractivity contribution >= 4 is 21.6 Å². The van der Waals surface area contributed by atoms with Crippen LogP contribution >= 0.6 is 15.9 Å². The molecule has 4 heteroatoms. The molecule has 0 spiro atoms. The number of fused-ring (bicyclic) bond motifs is 1. The third kappa shape index (κ3) is 3.00. The number of anilines is 1. The minimum absolute atomic E-state index is 0.224. The molecular formula is C17H18BrNO2. The fourth-order valence-corrected chi connectivity index (χ4v) is 3.02. The van der Waals surface area contributed by atoms with E-state index in [0.717, 1.165) is 34.7 Å². The van der Waals surface area contributed by atoms with Crippen LogP contribution < -0.4 is 14.8 Å². The summed E-state index contributed by atoms with van der Waals surface area (Å²) in [6.45, 7) is 2.81. The van der Waals surface area contributed by atoms with Gasteiger partial charge in [-0.1, -0.05) is 22.0 Å². The van der Waals surface area contributed by atoms with E-state index < -0.39 is 0 Å². The van der Waals surface area contributed by atoms with Gasteiger partial charge >= 0.3 is 0 Å². The maximum Gasteiger partial charge on any atom is 0.141 e. The van der Waals surface area contributed by atoms with Gasteiger partial charge in [0, 0.05) is 16.5 Å². The number of aryl methyl sites for hydroxylation is 1. The fraction of sp³-hybridized carbons (Fsp3) is 0.294. The number of benzene rings is 2. The summed E-state index contributed by atoms with van der Waals surface area (Å²) < 4.78 is 12.2. The molecule has 1 heterocycles. The Balaban J connectivity index is 1.93. The molecule has 0 aromatic heterocycles. The fourth-order valence-electron chi connectivity index (χ4n) is 2.64. The number of ether oxygens (including phenoxy) is 2. The van der Waals surface area contributed by atoms with Crippen molar-refractivity contribution in [2.45, 2.75) is 19.4 Å². The van der Waals surface area contributed by atoms with Crippen molar-refractivity contribution in [1.82, 2.24) is 0 Å². The summed E-state index contributed by atoms with van der Waals surface area (Å²) in [5.74, 6) is 1.82. The lowest BCUT2D eigenvalue weighted by Crippen LogP contribution is -2.20. The first-order valence-electron chi connectivity index (χ1n) is 7.01. The maximum absolute atomic E-state index is 5.73. The highest BCUT2D eigenvalue weighted by molar-refractivity contribution is 9.10. The Morgan fingerprint density at radius 1 is 1.24 bits per heavy atom. The number of halogens is 1. The van der Waals surface area contributed by atoms with Crippen LogP contribution in [-0.2, 0) is 0 Å². The van der Waals surface area contributed by atoms with Gasteiger partial charge in [-0.05, 0) is 42.8 Å². The van der Waals surface area contributed by atoms with E-state index in [1.54, 1.807) is 7.11 Å². The van der Waals surface area contributed by atoms with Gasteiger partial charge in [0.25, 0.3) is 0 Å². The summed E-state index contributed by atoms with van der Waals surface area (Å²) in [6.07, 6.45) is 0.931. The Bertz CT molecular complexity index is 657. The average Bonchev–Trinajstić information content (AvgIpc) is 2.48. The molecule has 0 amide bonds. The summed E-state index contributed by atoms with van der Waals surface area (Å²) >= 11 is 3.54. The molecule has 1 atom stereocenters. The van der Waals surface area contributed by atoms with Gasteiger partial charge in [-0.25, -0.2) is 0 Å². The van der Waals surface area contributed by atoms with Crippen molar-refractivity contribution in [3.63, 3.8) is 0 Å². The second kappa shape index (κ2) is 5.98. The molecule has 2 aromatic carbocycles. The predicted octanol–water partition coefficient (Wildman–Crippen LogP) is 4.70. The molecule has 3 nitrogen and oxygen atoms in total. The topological polar surface area (TPSA) is 30.5 Å². The minimum atomic E-state index is 0.224. The Morgan fingerprint density at radius 2 is 2.10 bits per heavy atom.